The smallest absolute Gasteiger partial charge is 0.316 e. The minimum atomic E-state index is -0.0829. The maximum Gasteiger partial charge on any atom is 0.316 e. The third-order valence-electron chi connectivity index (χ3n) is 2.07. The summed E-state index contributed by atoms with van der Waals surface area (Å²) in [7, 11) is 5.27. The van der Waals surface area contributed by atoms with Crippen LogP contribution in [0.4, 0.5) is 4.79 Å². The van der Waals surface area contributed by atoms with Crippen LogP contribution < -0.4 is 10.6 Å². The Balaban J connectivity index is 2.09. The van der Waals surface area contributed by atoms with Crippen molar-refractivity contribution >= 4 is 6.03 Å². The molecule has 0 aliphatic carbocycles. The summed E-state index contributed by atoms with van der Waals surface area (Å²) in [5.41, 5.74) is 0. The predicted molar refractivity (Wildman–Crippen MR) is 59.8 cm³/mol. The van der Waals surface area contributed by atoms with E-state index in [1.54, 1.807) is 18.8 Å². The van der Waals surface area contributed by atoms with E-state index in [-0.39, 0.29) is 6.03 Å². The van der Waals surface area contributed by atoms with Crippen molar-refractivity contribution in [3.05, 3.63) is 12.2 Å². The molecule has 0 atom stereocenters. The minimum absolute atomic E-state index is 0.0829. The molecule has 7 nitrogen and oxygen atoms in total. The second-order valence-electron chi connectivity index (χ2n) is 3.60. The molecule has 0 unspecified atom stereocenters. The van der Waals surface area contributed by atoms with Crippen LogP contribution in [0.25, 0.3) is 0 Å². The van der Waals surface area contributed by atoms with E-state index in [0.717, 1.165) is 5.82 Å². The van der Waals surface area contributed by atoms with Crippen LogP contribution in [0.15, 0.2) is 6.33 Å². The van der Waals surface area contributed by atoms with Crippen molar-refractivity contribution in [2.45, 2.75) is 6.54 Å². The van der Waals surface area contributed by atoms with Gasteiger partial charge in [0.15, 0.2) is 0 Å². The highest BCUT2D eigenvalue weighted by Crippen LogP contribution is 1.88. The van der Waals surface area contributed by atoms with Crippen LogP contribution in [-0.4, -0.2) is 52.9 Å². The molecule has 0 aliphatic heterocycles. The highest BCUT2D eigenvalue weighted by atomic mass is 16.2. The molecule has 0 saturated heterocycles. The van der Waals surface area contributed by atoms with E-state index in [1.165, 1.54) is 11.2 Å². The highest BCUT2D eigenvalue weighted by molar-refractivity contribution is 5.73. The molecule has 2 amide bonds. The van der Waals surface area contributed by atoms with Crippen LogP contribution in [0.5, 0.6) is 0 Å². The number of nitrogens with zero attached hydrogens (tertiary/aromatic N) is 4. The Morgan fingerprint density at radius 1 is 1.50 bits per heavy atom. The van der Waals surface area contributed by atoms with Crippen molar-refractivity contribution in [3.8, 4) is 0 Å². The highest BCUT2D eigenvalue weighted by Gasteiger charge is 2.01. The average molecular weight is 226 g/mol. The lowest BCUT2D eigenvalue weighted by molar-refractivity contribution is 0.217. The number of carbonyl (C=O) groups is 1. The first-order valence-corrected chi connectivity index (χ1v) is 5.10. The van der Waals surface area contributed by atoms with Gasteiger partial charge < -0.3 is 15.5 Å². The van der Waals surface area contributed by atoms with Crippen LogP contribution in [-0.2, 0) is 13.6 Å². The molecule has 0 spiro atoms. The Morgan fingerprint density at radius 3 is 2.81 bits per heavy atom. The van der Waals surface area contributed by atoms with Gasteiger partial charge in [0.25, 0.3) is 0 Å². The zero-order chi connectivity index (χ0) is 12.0. The van der Waals surface area contributed by atoms with Gasteiger partial charge in [0.05, 0.1) is 6.54 Å². The van der Waals surface area contributed by atoms with Crippen LogP contribution >= 0.6 is 0 Å². The lowest BCUT2D eigenvalue weighted by Crippen LogP contribution is -2.38. The Hall–Kier alpha value is -1.63. The zero-order valence-electron chi connectivity index (χ0n) is 9.90. The molecular weight excluding hydrogens is 208 g/mol. The van der Waals surface area contributed by atoms with Gasteiger partial charge in [-0.1, -0.05) is 0 Å². The summed E-state index contributed by atoms with van der Waals surface area (Å²) < 4.78 is 1.71. The fourth-order valence-corrected chi connectivity index (χ4v) is 1.10. The van der Waals surface area contributed by atoms with E-state index in [1.807, 2.05) is 7.05 Å². The van der Waals surface area contributed by atoms with Crippen LogP contribution in [0.2, 0.25) is 0 Å². The van der Waals surface area contributed by atoms with Gasteiger partial charge in [-0.2, -0.15) is 5.10 Å². The molecule has 1 aromatic heterocycles. The normalized spacial score (nSPS) is 10.2. The average Bonchev–Trinajstić information content (AvgIpc) is 2.63. The molecule has 0 saturated carbocycles. The molecule has 1 rings (SSSR count). The fourth-order valence-electron chi connectivity index (χ4n) is 1.10. The first-order valence-electron chi connectivity index (χ1n) is 5.10. The molecule has 90 valence electrons. The number of aryl methyl sites for hydroxylation is 1. The van der Waals surface area contributed by atoms with Crippen LogP contribution in [0, 0.1) is 0 Å². The van der Waals surface area contributed by atoms with Crippen molar-refractivity contribution in [2.75, 3.05) is 27.2 Å². The van der Waals surface area contributed by atoms with Crippen molar-refractivity contribution < 1.29 is 4.79 Å². The van der Waals surface area contributed by atoms with E-state index in [0.29, 0.717) is 19.6 Å². The van der Waals surface area contributed by atoms with Gasteiger partial charge in [-0.15, -0.1) is 0 Å². The summed E-state index contributed by atoms with van der Waals surface area (Å²) in [6, 6.07) is -0.0829. The monoisotopic (exact) mass is 226 g/mol. The molecule has 1 heterocycles. The maximum absolute atomic E-state index is 11.1. The van der Waals surface area contributed by atoms with Gasteiger partial charge in [0.2, 0.25) is 0 Å². The van der Waals surface area contributed by atoms with Crippen molar-refractivity contribution in [1.29, 1.82) is 0 Å². The van der Waals surface area contributed by atoms with Crippen molar-refractivity contribution in [1.82, 2.24) is 30.3 Å². The molecule has 0 fully saturated rings. The number of hydrogen-bond donors (Lipinski definition) is 2. The molecule has 0 radical (unpaired) electrons. The molecule has 0 aromatic carbocycles. The van der Waals surface area contributed by atoms with E-state index in [4.69, 9.17) is 0 Å². The van der Waals surface area contributed by atoms with E-state index in [9.17, 15) is 4.79 Å². The number of urea groups is 1. The lowest BCUT2D eigenvalue weighted by Gasteiger charge is -2.11. The van der Waals surface area contributed by atoms with Gasteiger partial charge in [-0.05, 0) is 0 Å². The summed E-state index contributed by atoms with van der Waals surface area (Å²) in [4.78, 5) is 16.7. The molecule has 1 aromatic rings. The molecule has 16 heavy (non-hydrogen) atoms. The molecule has 0 bridgehead atoms. The first-order chi connectivity index (χ1) is 7.61. The zero-order valence-corrected chi connectivity index (χ0v) is 9.90. The number of nitrogens with one attached hydrogen (secondary N) is 2. The van der Waals surface area contributed by atoms with Gasteiger partial charge >= 0.3 is 6.03 Å². The van der Waals surface area contributed by atoms with E-state index >= 15 is 0 Å². The summed E-state index contributed by atoms with van der Waals surface area (Å²) in [5, 5.41) is 9.88. The van der Waals surface area contributed by atoms with Gasteiger partial charge in [0.1, 0.15) is 12.2 Å². The van der Waals surface area contributed by atoms with Crippen LogP contribution in [0.3, 0.4) is 0 Å². The number of amides is 2. The largest absolute Gasteiger partial charge is 0.337 e. The second kappa shape index (κ2) is 6.06. The quantitative estimate of drug-likeness (QED) is 0.643. The SMILES string of the molecule is CN(C)C(=O)NCCNCc1ncnn1C. The molecule has 7 heteroatoms. The fraction of sp³-hybridized carbons (Fsp3) is 0.667. The standard InChI is InChI=1S/C9H18N6O/c1-14(2)9(16)11-5-4-10-6-8-12-7-13-15(8)3/h7,10H,4-6H2,1-3H3,(H,11,16). The number of carbonyl (C=O) groups excluding carboxylic acids is 1. The van der Waals surface area contributed by atoms with E-state index < -0.39 is 0 Å². The van der Waals surface area contributed by atoms with Crippen LogP contribution in [0.1, 0.15) is 5.82 Å². The minimum Gasteiger partial charge on any atom is -0.337 e. The molecule has 0 aliphatic rings. The number of rotatable bonds is 5. The maximum atomic E-state index is 11.1. The summed E-state index contributed by atoms with van der Waals surface area (Å²) in [6.45, 7) is 1.94. The number of aromatic nitrogens is 3. The summed E-state index contributed by atoms with van der Waals surface area (Å²) in [5.74, 6) is 0.874. The Bertz CT molecular complexity index is 334. The summed E-state index contributed by atoms with van der Waals surface area (Å²) in [6.07, 6.45) is 1.52. The van der Waals surface area contributed by atoms with Crippen molar-refractivity contribution in [3.63, 3.8) is 0 Å². The second-order valence-corrected chi connectivity index (χ2v) is 3.60. The van der Waals surface area contributed by atoms with E-state index in [2.05, 4.69) is 20.7 Å². The topological polar surface area (TPSA) is 75.1 Å². The lowest BCUT2D eigenvalue weighted by atomic mass is 10.5. The van der Waals surface area contributed by atoms with Gasteiger partial charge in [-0.25, -0.2) is 9.78 Å². The first kappa shape index (κ1) is 12.4. The number of hydrogen-bond acceptors (Lipinski definition) is 4. The third-order valence-corrected chi connectivity index (χ3v) is 2.07. The predicted octanol–water partition coefficient (Wildman–Crippen LogP) is -0.824. The Kier molecular flexibility index (Phi) is 4.71. The molecular formula is C9H18N6O. The summed E-state index contributed by atoms with van der Waals surface area (Å²) >= 11 is 0. The molecule has 2 N–H and O–H groups in total. The third kappa shape index (κ3) is 3.85. The Morgan fingerprint density at radius 2 is 2.25 bits per heavy atom. The van der Waals surface area contributed by atoms with Gasteiger partial charge in [0, 0.05) is 34.2 Å². The van der Waals surface area contributed by atoms with Gasteiger partial charge in [-0.3, -0.25) is 4.68 Å². The van der Waals surface area contributed by atoms with Crippen molar-refractivity contribution in [2.24, 2.45) is 7.05 Å². The Labute approximate surface area is 94.8 Å².